The van der Waals surface area contributed by atoms with Gasteiger partial charge in [-0.3, -0.25) is 4.79 Å². The highest BCUT2D eigenvalue weighted by Crippen LogP contribution is 2.27. The van der Waals surface area contributed by atoms with E-state index in [1.807, 2.05) is 61.9 Å². The Hall–Kier alpha value is -2.32. The van der Waals surface area contributed by atoms with Crippen molar-refractivity contribution in [3.63, 3.8) is 0 Å². The molecule has 0 unspecified atom stereocenters. The molecular weight excluding hydrogens is 440 g/mol. The minimum absolute atomic E-state index is 0.0798. The summed E-state index contributed by atoms with van der Waals surface area (Å²) in [5.74, 6) is 1.70. The fourth-order valence-corrected chi connectivity index (χ4v) is 3.81. The van der Waals surface area contributed by atoms with Gasteiger partial charge in [0.2, 0.25) is 5.91 Å². The molecule has 0 aliphatic heterocycles. The van der Waals surface area contributed by atoms with Gasteiger partial charge in [-0.05, 0) is 61.4 Å². The molecule has 0 atom stereocenters. The van der Waals surface area contributed by atoms with E-state index in [1.54, 1.807) is 7.11 Å². The molecule has 0 spiro atoms. The number of carbonyl (C=O) groups is 1. The largest absolute Gasteiger partial charge is 0.497 e. The Morgan fingerprint density at radius 1 is 1.14 bits per heavy atom. The van der Waals surface area contributed by atoms with Crippen LogP contribution in [0.3, 0.4) is 0 Å². The van der Waals surface area contributed by atoms with E-state index in [2.05, 4.69) is 31.4 Å². The molecule has 0 radical (unpaired) electrons. The normalized spacial score (nSPS) is 10.8. The predicted molar refractivity (Wildman–Crippen MR) is 116 cm³/mol. The van der Waals surface area contributed by atoms with Gasteiger partial charge < -0.3 is 14.6 Å². The molecule has 0 fully saturated rings. The summed E-state index contributed by atoms with van der Waals surface area (Å²) in [6.07, 6.45) is 0. The third-order valence-electron chi connectivity index (χ3n) is 4.51. The monoisotopic (exact) mass is 460 g/mol. The number of benzene rings is 2. The number of hydrogen-bond acceptors (Lipinski definition) is 5. The van der Waals surface area contributed by atoms with Crippen LogP contribution in [-0.2, 0) is 11.8 Å². The highest BCUT2D eigenvalue weighted by molar-refractivity contribution is 9.10. The minimum atomic E-state index is -0.0798. The summed E-state index contributed by atoms with van der Waals surface area (Å²) in [5.41, 5.74) is 3.92. The van der Waals surface area contributed by atoms with Crippen molar-refractivity contribution in [2.24, 2.45) is 7.05 Å². The van der Waals surface area contributed by atoms with Gasteiger partial charge in [-0.25, -0.2) is 0 Å². The Morgan fingerprint density at radius 2 is 1.86 bits per heavy atom. The van der Waals surface area contributed by atoms with Crippen LogP contribution in [0.1, 0.15) is 11.1 Å². The Morgan fingerprint density at radius 3 is 2.54 bits per heavy atom. The van der Waals surface area contributed by atoms with Crippen LogP contribution in [0.2, 0.25) is 0 Å². The smallest absolute Gasteiger partial charge is 0.234 e. The molecule has 0 aliphatic rings. The van der Waals surface area contributed by atoms with Crippen molar-refractivity contribution in [3.8, 4) is 17.1 Å². The lowest BCUT2D eigenvalue weighted by Gasteiger charge is -2.11. The van der Waals surface area contributed by atoms with Gasteiger partial charge in [0.1, 0.15) is 5.75 Å². The fourth-order valence-electron chi connectivity index (χ4n) is 2.67. The number of aromatic nitrogens is 3. The van der Waals surface area contributed by atoms with Gasteiger partial charge in [0, 0.05) is 22.8 Å². The number of halogens is 1. The van der Waals surface area contributed by atoms with Crippen LogP contribution >= 0.6 is 27.7 Å². The maximum atomic E-state index is 12.4. The number of anilines is 1. The first kappa shape index (κ1) is 20.4. The molecule has 8 heteroatoms. The number of rotatable bonds is 6. The first-order valence-corrected chi connectivity index (χ1v) is 10.4. The van der Waals surface area contributed by atoms with Crippen LogP contribution in [0, 0.1) is 13.8 Å². The molecule has 1 amide bonds. The van der Waals surface area contributed by atoms with Crippen molar-refractivity contribution in [1.29, 1.82) is 0 Å². The lowest BCUT2D eigenvalue weighted by Crippen LogP contribution is -2.15. The van der Waals surface area contributed by atoms with E-state index < -0.39 is 0 Å². The number of methoxy groups -OCH3 is 1. The third-order valence-corrected chi connectivity index (χ3v) is 6.39. The second-order valence-electron chi connectivity index (χ2n) is 6.28. The van der Waals surface area contributed by atoms with E-state index in [-0.39, 0.29) is 11.7 Å². The summed E-state index contributed by atoms with van der Waals surface area (Å²) in [4.78, 5) is 12.4. The van der Waals surface area contributed by atoms with Gasteiger partial charge in [0.05, 0.1) is 12.9 Å². The highest BCUT2D eigenvalue weighted by Gasteiger charge is 2.14. The van der Waals surface area contributed by atoms with Crippen molar-refractivity contribution in [2.45, 2.75) is 19.0 Å². The summed E-state index contributed by atoms with van der Waals surface area (Å²) in [6, 6.07) is 11.5. The Bertz CT molecular complexity index is 1000. The minimum Gasteiger partial charge on any atom is -0.497 e. The Kier molecular flexibility index (Phi) is 6.41. The molecular formula is C20H21BrN4O2S. The molecule has 0 aliphatic carbocycles. The van der Waals surface area contributed by atoms with Crippen molar-refractivity contribution in [3.05, 3.63) is 52.0 Å². The van der Waals surface area contributed by atoms with E-state index in [1.165, 1.54) is 11.8 Å². The molecule has 3 rings (SSSR count). The number of amides is 1. The van der Waals surface area contributed by atoms with Crippen molar-refractivity contribution < 1.29 is 9.53 Å². The van der Waals surface area contributed by atoms with Crippen molar-refractivity contribution in [1.82, 2.24) is 14.8 Å². The zero-order valence-corrected chi connectivity index (χ0v) is 18.5. The molecule has 146 valence electrons. The van der Waals surface area contributed by atoms with Crippen LogP contribution in [0.4, 0.5) is 5.69 Å². The van der Waals surface area contributed by atoms with Gasteiger partial charge in [0.25, 0.3) is 0 Å². The maximum absolute atomic E-state index is 12.4. The van der Waals surface area contributed by atoms with Crippen LogP contribution in [0.5, 0.6) is 5.75 Å². The lowest BCUT2D eigenvalue weighted by atomic mass is 10.1. The zero-order chi connectivity index (χ0) is 20.3. The van der Waals surface area contributed by atoms with Gasteiger partial charge >= 0.3 is 0 Å². The molecule has 0 saturated heterocycles. The average molecular weight is 461 g/mol. The summed E-state index contributed by atoms with van der Waals surface area (Å²) in [7, 11) is 3.52. The lowest BCUT2D eigenvalue weighted by molar-refractivity contribution is -0.113. The van der Waals surface area contributed by atoms with Crippen LogP contribution in [0.25, 0.3) is 11.4 Å². The quantitative estimate of drug-likeness (QED) is 0.544. The molecule has 0 bridgehead atoms. The molecule has 3 aromatic rings. The Labute approximate surface area is 176 Å². The van der Waals surface area contributed by atoms with Gasteiger partial charge in [-0.2, -0.15) is 0 Å². The number of nitrogens with zero attached hydrogens (tertiary/aromatic N) is 3. The number of hydrogen-bond donors (Lipinski definition) is 1. The summed E-state index contributed by atoms with van der Waals surface area (Å²) in [6.45, 7) is 4.01. The topological polar surface area (TPSA) is 69.0 Å². The first-order valence-electron chi connectivity index (χ1n) is 8.63. The van der Waals surface area contributed by atoms with E-state index in [0.717, 1.165) is 38.4 Å². The number of thioether (sulfide) groups is 1. The molecule has 28 heavy (non-hydrogen) atoms. The number of nitrogens with one attached hydrogen (secondary N) is 1. The van der Waals surface area contributed by atoms with Crippen molar-refractivity contribution in [2.75, 3.05) is 18.2 Å². The number of carbonyl (C=O) groups excluding carboxylic acids is 1. The van der Waals surface area contributed by atoms with Crippen molar-refractivity contribution >= 4 is 39.3 Å². The summed E-state index contributed by atoms with van der Waals surface area (Å²) in [5, 5.41) is 12.1. The first-order chi connectivity index (χ1) is 13.4. The van der Waals surface area contributed by atoms with E-state index in [9.17, 15) is 4.79 Å². The SMILES string of the molecule is COc1ccc(-c2nnc(SCC(=O)Nc3ccc(Br)c(C)c3C)n2C)cc1. The summed E-state index contributed by atoms with van der Waals surface area (Å²) < 4.78 is 8.10. The standard InChI is InChI=1S/C20H21BrN4O2S/c1-12-13(2)17(10-9-16(12)21)22-18(26)11-28-20-24-23-19(25(20)3)14-5-7-15(27-4)8-6-14/h5-10H,11H2,1-4H3,(H,22,26). The molecule has 1 aromatic heterocycles. The van der Waals surface area contributed by atoms with E-state index >= 15 is 0 Å². The molecule has 6 nitrogen and oxygen atoms in total. The summed E-state index contributed by atoms with van der Waals surface area (Å²) >= 11 is 4.86. The second-order valence-corrected chi connectivity index (χ2v) is 8.07. The Balaban J connectivity index is 1.65. The average Bonchev–Trinajstić information content (AvgIpc) is 3.07. The highest BCUT2D eigenvalue weighted by atomic mass is 79.9. The molecule has 0 saturated carbocycles. The third kappa shape index (κ3) is 4.39. The maximum Gasteiger partial charge on any atom is 0.234 e. The number of ether oxygens (including phenoxy) is 1. The molecule has 2 aromatic carbocycles. The van der Waals surface area contributed by atoms with Crippen LogP contribution in [0.15, 0.2) is 46.0 Å². The molecule has 1 N–H and O–H groups in total. The van der Waals surface area contributed by atoms with Crippen LogP contribution < -0.4 is 10.1 Å². The second kappa shape index (κ2) is 8.79. The van der Waals surface area contributed by atoms with Gasteiger partial charge in [0.15, 0.2) is 11.0 Å². The van der Waals surface area contributed by atoms with Gasteiger partial charge in [-0.1, -0.05) is 27.7 Å². The van der Waals surface area contributed by atoms with E-state index in [0.29, 0.717) is 5.16 Å². The molecule has 1 heterocycles. The zero-order valence-electron chi connectivity index (χ0n) is 16.1. The van der Waals surface area contributed by atoms with E-state index in [4.69, 9.17) is 4.74 Å². The van der Waals surface area contributed by atoms with Gasteiger partial charge in [-0.15, -0.1) is 10.2 Å². The fraction of sp³-hybridized carbons (Fsp3) is 0.250. The van der Waals surface area contributed by atoms with Crippen LogP contribution in [-0.4, -0.2) is 33.5 Å². The predicted octanol–water partition coefficient (Wildman–Crippen LogP) is 4.60.